The molecular formula is C16H17Cl2NO. The topological polar surface area (TPSA) is 21.3 Å². The Hall–Kier alpha value is -1.22. The summed E-state index contributed by atoms with van der Waals surface area (Å²) in [7, 11) is 0. The van der Waals surface area contributed by atoms with E-state index in [0.717, 1.165) is 12.3 Å². The van der Waals surface area contributed by atoms with Crippen molar-refractivity contribution in [1.82, 2.24) is 5.32 Å². The first-order valence-electron chi connectivity index (χ1n) is 6.57. The van der Waals surface area contributed by atoms with E-state index in [1.165, 1.54) is 5.56 Å². The first-order valence-corrected chi connectivity index (χ1v) is 7.32. The average Bonchev–Trinajstić information content (AvgIpc) is 2.45. The molecule has 106 valence electrons. The zero-order valence-corrected chi connectivity index (χ0v) is 13.0. The average molecular weight is 310 g/mol. The van der Waals surface area contributed by atoms with Gasteiger partial charge in [-0.15, -0.1) is 0 Å². The third-order valence-corrected chi connectivity index (χ3v) is 3.84. The summed E-state index contributed by atoms with van der Waals surface area (Å²) in [6.07, 6.45) is 0. The SMILES string of the molecule is CCNC(C)c1ccc(Oc2cccc(Cl)c2Cl)cc1. The van der Waals surface area contributed by atoms with Crippen LogP contribution in [0.2, 0.25) is 10.0 Å². The van der Waals surface area contributed by atoms with E-state index in [9.17, 15) is 0 Å². The third kappa shape index (κ3) is 3.66. The van der Waals surface area contributed by atoms with Crippen LogP contribution >= 0.6 is 23.2 Å². The Bertz CT molecular complexity index is 569. The Morgan fingerprint density at radius 3 is 2.45 bits per heavy atom. The minimum absolute atomic E-state index is 0.323. The van der Waals surface area contributed by atoms with Gasteiger partial charge in [0.15, 0.2) is 0 Å². The van der Waals surface area contributed by atoms with E-state index in [0.29, 0.717) is 21.8 Å². The molecule has 0 saturated heterocycles. The van der Waals surface area contributed by atoms with Gasteiger partial charge in [0.25, 0.3) is 0 Å². The van der Waals surface area contributed by atoms with E-state index in [2.05, 4.69) is 19.2 Å². The van der Waals surface area contributed by atoms with E-state index in [-0.39, 0.29) is 0 Å². The second-order valence-corrected chi connectivity index (χ2v) is 5.29. The fraction of sp³-hybridized carbons (Fsp3) is 0.250. The van der Waals surface area contributed by atoms with Crippen molar-refractivity contribution in [3.05, 3.63) is 58.1 Å². The minimum Gasteiger partial charge on any atom is -0.456 e. The van der Waals surface area contributed by atoms with Crippen LogP contribution in [0.4, 0.5) is 0 Å². The minimum atomic E-state index is 0.323. The maximum atomic E-state index is 6.10. The molecule has 0 aromatic heterocycles. The van der Waals surface area contributed by atoms with Gasteiger partial charge in [-0.25, -0.2) is 0 Å². The van der Waals surface area contributed by atoms with Crippen LogP contribution in [0.3, 0.4) is 0 Å². The molecule has 20 heavy (non-hydrogen) atoms. The van der Waals surface area contributed by atoms with Crippen LogP contribution in [0.15, 0.2) is 42.5 Å². The zero-order valence-electron chi connectivity index (χ0n) is 11.5. The predicted molar refractivity (Wildman–Crippen MR) is 85.1 cm³/mol. The van der Waals surface area contributed by atoms with Gasteiger partial charge in [-0.2, -0.15) is 0 Å². The fourth-order valence-corrected chi connectivity index (χ4v) is 2.27. The fourth-order valence-electron chi connectivity index (χ4n) is 1.94. The van der Waals surface area contributed by atoms with E-state index < -0.39 is 0 Å². The van der Waals surface area contributed by atoms with Gasteiger partial charge in [0.1, 0.15) is 16.5 Å². The molecule has 0 saturated carbocycles. The Labute approximate surface area is 129 Å². The Morgan fingerprint density at radius 1 is 1.10 bits per heavy atom. The van der Waals surface area contributed by atoms with Crippen LogP contribution < -0.4 is 10.1 Å². The lowest BCUT2D eigenvalue weighted by Crippen LogP contribution is -2.17. The van der Waals surface area contributed by atoms with Crippen molar-refractivity contribution >= 4 is 23.2 Å². The summed E-state index contributed by atoms with van der Waals surface area (Å²) in [4.78, 5) is 0. The second kappa shape index (κ2) is 6.98. The summed E-state index contributed by atoms with van der Waals surface area (Å²) in [5.41, 5.74) is 1.22. The lowest BCUT2D eigenvalue weighted by Gasteiger charge is -2.14. The first kappa shape index (κ1) is 15.2. The van der Waals surface area contributed by atoms with Crippen LogP contribution in [0.1, 0.15) is 25.5 Å². The highest BCUT2D eigenvalue weighted by atomic mass is 35.5. The van der Waals surface area contributed by atoms with Gasteiger partial charge in [0, 0.05) is 6.04 Å². The number of hydrogen-bond donors (Lipinski definition) is 1. The molecule has 0 aliphatic rings. The largest absolute Gasteiger partial charge is 0.456 e. The van der Waals surface area contributed by atoms with E-state index >= 15 is 0 Å². The predicted octanol–water partition coefficient (Wildman–Crippen LogP) is 5.46. The molecule has 1 atom stereocenters. The third-order valence-electron chi connectivity index (χ3n) is 3.03. The molecule has 1 N–H and O–H groups in total. The van der Waals surface area contributed by atoms with Crippen LogP contribution in [0, 0.1) is 0 Å². The van der Waals surface area contributed by atoms with Crippen molar-refractivity contribution in [1.29, 1.82) is 0 Å². The van der Waals surface area contributed by atoms with Crippen molar-refractivity contribution in [2.24, 2.45) is 0 Å². The Morgan fingerprint density at radius 2 is 1.80 bits per heavy atom. The van der Waals surface area contributed by atoms with Crippen LogP contribution in [0.5, 0.6) is 11.5 Å². The number of ether oxygens (including phenoxy) is 1. The molecule has 0 bridgehead atoms. The molecule has 2 nitrogen and oxygen atoms in total. The first-order chi connectivity index (χ1) is 9.61. The van der Waals surface area contributed by atoms with Crippen molar-refractivity contribution < 1.29 is 4.74 Å². The molecule has 2 aromatic carbocycles. The van der Waals surface area contributed by atoms with Gasteiger partial charge in [0.2, 0.25) is 0 Å². The highest BCUT2D eigenvalue weighted by Crippen LogP contribution is 2.34. The van der Waals surface area contributed by atoms with Gasteiger partial charge in [-0.1, -0.05) is 48.3 Å². The maximum Gasteiger partial charge on any atom is 0.147 e. The summed E-state index contributed by atoms with van der Waals surface area (Å²) in [5, 5.41) is 4.29. The Balaban J connectivity index is 2.13. The van der Waals surface area contributed by atoms with Gasteiger partial charge in [0.05, 0.1) is 5.02 Å². The van der Waals surface area contributed by atoms with Crippen molar-refractivity contribution in [3.63, 3.8) is 0 Å². The molecule has 1 unspecified atom stereocenters. The molecule has 2 aromatic rings. The summed E-state index contributed by atoms with van der Waals surface area (Å²) in [6.45, 7) is 5.17. The highest BCUT2D eigenvalue weighted by Gasteiger charge is 2.07. The molecule has 0 amide bonds. The molecule has 2 rings (SSSR count). The Kier molecular flexibility index (Phi) is 5.30. The van der Waals surface area contributed by atoms with E-state index in [1.54, 1.807) is 12.1 Å². The number of rotatable bonds is 5. The van der Waals surface area contributed by atoms with Crippen LogP contribution in [-0.4, -0.2) is 6.54 Å². The summed E-state index contributed by atoms with van der Waals surface area (Å²) in [6, 6.07) is 13.6. The zero-order chi connectivity index (χ0) is 14.5. The number of hydrogen-bond acceptors (Lipinski definition) is 2. The summed E-state index contributed by atoms with van der Waals surface area (Å²) >= 11 is 12.1. The monoisotopic (exact) mass is 309 g/mol. The molecule has 0 aliphatic heterocycles. The second-order valence-electron chi connectivity index (χ2n) is 4.50. The van der Waals surface area contributed by atoms with Crippen molar-refractivity contribution in [2.75, 3.05) is 6.54 Å². The maximum absolute atomic E-state index is 6.10. The number of nitrogens with one attached hydrogen (secondary N) is 1. The van der Waals surface area contributed by atoms with Crippen LogP contribution in [-0.2, 0) is 0 Å². The van der Waals surface area contributed by atoms with E-state index in [1.807, 2.05) is 30.3 Å². The molecule has 0 radical (unpaired) electrons. The van der Waals surface area contributed by atoms with Gasteiger partial charge in [-0.05, 0) is 43.3 Å². The normalized spacial score (nSPS) is 12.2. The summed E-state index contributed by atoms with van der Waals surface area (Å²) < 4.78 is 5.75. The standard InChI is InChI=1S/C16H17Cl2NO/c1-3-19-11(2)12-7-9-13(10-8-12)20-15-6-4-5-14(17)16(15)18/h4-11,19H,3H2,1-2H3. The van der Waals surface area contributed by atoms with Crippen molar-refractivity contribution in [2.45, 2.75) is 19.9 Å². The molecule has 0 aliphatic carbocycles. The molecule has 4 heteroatoms. The smallest absolute Gasteiger partial charge is 0.147 e. The van der Waals surface area contributed by atoms with Gasteiger partial charge < -0.3 is 10.1 Å². The lowest BCUT2D eigenvalue weighted by atomic mass is 10.1. The number of halogens is 2. The lowest BCUT2D eigenvalue weighted by molar-refractivity contribution is 0.482. The highest BCUT2D eigenvalue weighted by molar-refractivity contribution is 6.42. The van der Waals surface area contributed by atoms with E-state index in [4.69, 9.17) is 27.9 Å². The molecule has 0 fully saturated rings. The molecule has 0 spiro atoms. The molecular weight excluding hydrogens is 293 g/mol. The van der Waals surface area contributed by atoms with Crippen LogP contribution in [0.25, 0.3) is 0 Å². The summed E-state index contributed by atoms with van der Waals surface area (Å²) in [5.74, 6) is 1.30. The molecule has 0 heterocycles. The number of benzene rings is 2. The quantitative estimate of drug-likeness (QED) is 0.792. The van der Waals surface area contributed by atoms with Gasteiger partial charge >= 0.3 is 0 Å². The van der Waals surface area contributed by atoms with Crippen molar-refractivity contribution in [3.8, 4) is 11.5 Å². The van der Waals surface area contributed by atoms with Gasteiger partial charge in [-0.3, -0.25) is 0 Å².